The Morgan fingerprint density at radius 1 is 1.39 bits per heavy atom. The highest BCUT2D eigenvalue weighted by atomic mass is 35.5. The second-order valence-corrected chi connectivity index (χ2v) is 6.07. The van der Waals surface area contributed by atoms with Crippen molar-refractivity contribution >= 4 is 17.5 Å². The van der Waals surface area contributed by atoms with E-state index in [1.807, 2.05) is 18.7 Å². The van der Waals surface area contributed by atoms with Gasteiger partial charge in [-0.25, -0.2) is 0 Å². The van der Waals surface area contributed by atoms with Gasteiger partial charge in [0.1, 0.15) is 0 Å². The summed E-state index contributed by atoms with van der Waals surface area (Å²) in [5, 5.41) is 0. The van der Waals surface area contributed by atoms with Gasteiger partial charge in [0, 0.05) is 32.2 Å². The van der Waals surface area contributed by atoms with Crippen molar-refractivity contribution in [1.29, 1.82) is 0 Å². The lowest BCUT2D eigenvalue weighted by molar-refractivity contribution is -0.163. The number of carbonyl (C=O) groups is 1. The molecular formula is C13H22ClNO3. The predicted octanol–water partition coefficient (Wildman–Crippen LogP) is 1.66. The van der Waals surface area contributed by atoms with E-state index < -0.39 is 0 Å². The second kappa shape index (κ2) is 5.76. The smallest absolute Gasteiger partial charge is 0.226 e. The van der Waals surface area contributed by atoms with E-state index >= 15 is 0 Å². The minimum atomic E-state index is -0.307. The zero-order valence-corrected chi connectivity index (χ0v) is 11.9. The Bertz CT molecular complexity index is 303. The molecule has 0 aromatic heterocycles. The van der Waals surface area contributed by atoms with Crippen molar-refractivity contribution in [2.75, 3.05) is 32.2 Å². The molecule has 2 fully saturated rings. The summed E-state index contributed by atoms with van der Waals surface area (Å²) in [5.41, 5.74) is -0.307. The van der Waals surface area contributed by atoms with Crippen LogP contribution in [0.2, 0.25) is 0 Å². The number of alkyl halides is 1. The zero-order chi connectivity index (χ0) is 13.2. The molecule has 0 aromatic carbocycles. The Morgan fingerprint density at radius 2 is 2.06 bits per heavy atom. The Balaban J connectivity index is 1.99. The predicted molar refractivity (Wildman–Crippen MR) is 69.8 cm³/mol. The van der Waals surface area contributed by atoms with Crippen molar-refractivity contribution in [3.8, 4) is 0 Å². The van der Waals surface area contributed by atoms with E-state index in [2.05, 4.69) is 0 Å². The summed E-state index contributed by atoms with van der Waals surface area (Å²) in [6.45, 7) is 6.68. The maximum atomic E-state index is 12.5. The average molecular weight is 276 g/mol. The van der Waals surface area contributed by atoms with Crippen LogP contribution in [0.4, 0.5) is 0 Å². The van der Waals surface area contributed by atoms with Gasteiger partial charge in [0.15, 0.2) is 0 Å². The molecule has 2 heterocycles. The molecular weight excluding hydrogens is 254 g/mol. The molecule has 0 aliphatic carbocycles. The summed E-state index contributed by atoms with van der Waals surface area (Å²) in [7, 11) is 0. The van der Waals surface area contributed by atoms with Gasteiger partial charge in [0.05, 0.1) is 17.6 Å². The number of rotatable bonds is 2. The minimum Gasteiger partial charge on any atom is -0.381 e. The van der Waals surface area contributed by atoms with E-state index in [1.165, 1.54) is 0 Å². The quantitative estimate of drug-likeness (QED) is 0.720. The lowest BCUT2D eigenvalue weighted by Gasteiger charge is -2.43. The largest absolute Gasteiger partial charge is 0.381 e. The van der Waals surface area contributed by atoms with Crippen LogP contribution in [0.15, 0.2) is 0 Å². The number of amides is 1. The van der Waals surface area contributed by atoms with Gasteiger partial charge in [-0.15, -0.1) is 11.6 Å². The van der Waals surface area contributed by atoms with Gasteiger partial charge < -0.3 is 14.4 Å². The van der Waals surface area contributed by atoms with Crippen LogP contribution in [-0.4, -0.2) is 54.7 Å². The van der Waals surface area contributed by atoms with Crippen molar-refractivity contribution in [1.82, 2.24) is 4.90 Å². The third-order valence-corrected chi connectivity index (χ3v) is 3.88. The molecule has 2 aliphatic rings. The van der Waals surface area contributed by atoms with E-state index in [4.69, 9.17) is 21.1 Å². The number of nitrogens with zero attached hydrogens (tertiary/aromatic N) is 1. The lowest BCUT2D eigenvalue weighted by atomic mass is 9.96. The first-order valence-electron chi connectivity index (χ1n) is 6.62. The number of morpholine rings is 1. The van der Waals surface area contributed by atoms with Crippen molar-refractivity contribution in [2.45, 2.75) is 38.4 Å². The molecule has 4 nitrogen and oxygen atoms in total. The summed E-state index contributed by atoms with van der Waals surface area (Å²) in [5.74, 6) is 0.787. The van der Waals surface area contributed by atoms with Crippen molar-refractivity contribution in [2.24, 2.45) is 5.92 Å². The van der Waals surface area contributed by atoms with E-state index in [-0.39, 0.29) is 23.5 Å². The van der Waals surface area contributed by atoms with E-state index in [0.29, 0.717) is 32.2 Å². The molecule has 104 valence electrons. The number of carbonyl (C=O) groups excluding carboxylic acids is 1. The summed E-state index contributed by atoms with van der Waals surface area (Å²) >= 11 is 5.88. The Labute approximate surface area is 114 Å². The highest BCUT2D eigenvalue weighted by molar-refractivity contribution is 6.18. The van der Waals surface area contributed by atoms with Gasteiger partial charge in [-0.2, -0.15) is 0 Å². The highest BCUT2D eigenvalue weighted by Gasteiger charge is 2.37. The number of hydrogen-bond acceptors (Lipinski definition) is 3. The van der Waals surface area contributed by atoms with Crippen LogP contribution in [-0.2, 0) is 14.3 Å². The molecule has 0 radical (unpaired) electrons. The van der Waals surface area contributed by atoms with Crippen LogP contribution in [0.1, 0.15) is 26.7 Å². The standard InChI is InChI=1S/C13H22ClNO3/c1-13(2)9-15(8-11(7-14)18-13)12(16)10-3-5-17-6-4-10/h10-11H,3-9H2,1-2H3. The molecule has 1 amide bonds. The molecule has 0 spiro atoms. The Kier molecular flexibility index (Phi) is 4.51. The first kappa shape index (κ1) is 14.1. The fourth-order valence-corrected chi connectivity index (χ4v) is 2.91. The van der Waals surface area contributed by atoms with Crippen LogP contribution < -0.4 is 0 Å². The minimum absolute atomic E-state index is 0.0563. The number of halogens is 1. The monoisotopic (exact) mass is 275 g/mol. The van der Waals surface area contributed by atoms with Crippen molar-refractivity contribution in [3.05, 3.63) is 0 Å². The van der Waals surface area contributed by atoms with Crippen LogP contribution in [0.25, 0.3) is 0 Å². The maximum Gasteiger partial charge on any atom is 0.226 e. The van der Waals surface area contributed by atoms with Crippen LogP contribution in [0.3, 0.4) is 0 Å². The Morgan fingerprint density at radius 3 is 2.67 bits per heavy atom. The molecule has 1 unspecified atom stereocenters. The molecule has 1 atom stereocenters. The van der Waals surface area contributed by atoms with Crippen molar-refractivity contribution < 1.29 is 14.3 Å². The normalized spacial score (nSPS) is 29.3. The molecule has 2 aliphatic heterocycles. The van der Waals surface area contributed by atoms with Gasteiger partial charge in [0.2, 0.25) is 5.91 Å². The lowest BCUT2D eigenvalue weighted by Crippen LogP contribution is -2.56. The van der Waals surface area contributed by atoms with Gasteiger partial charge in [0.25, 0.3) is 0 Å². The molecule has 2 saturated heterocycles. The molecule has 0 aromatic rings. The van der Waals surface area contributed by atoms with Gasteiger partial charge >= 0.3 is 0 Å². The molecule has 0 saturated carbocycles. The van der Waals surface area contributed by atoms with Gasteiger partial charge in [-0.05, 0) is 26.7 Å². The third kappa shape index (κ3) is 3.37. The molecule has 0 N–H and O–H groups in total. The first-order chi connectivity index (χ1) is 8.52. The fourth-order valence-electron chi connectivity index (χ4n) is 2.75. The SMILES string of the molecule is CC1(C)CN(C(=O)C2CCOCC2)CC(CCl)O1. The summed E-state index contributed by atoms with van der Waals surface area (Å²) in [6, 6.07) is 0. The second-order valence-electron chi connectivity index (χ2n) is 5.76. The van der Waals surface area contributed by atoms with Gasteiger partial charge in [-0.1, -0.05) is 0 Å². The third-order valence-electron chi connectivity index (χ3n) is 3.54. The van der Waals surface area contributed by atoms with Crippen LogP contribution in [0.5, 0.6) is 0 Å². The fraction of sp³-hybridized carbons (Fsp3) is 0.923. The number of ether oxygens (including phenoxy) is 2. The number of hydrogen-bond donors (Lipinski definition) is 0. The summed E-state index contributed by atoms with van der Waals surface area (Å²) in [4.78, 5) is 14.4. The first-order valence-corrected chi connectivity index (χ1v) is 7.15. The van der Waals surface area contributed by atoms with E-state index in [9.17, 15) is 4.79 Å². The van der Waals surface area contributed by atoms with E-state index in [1.54, 1.807) is 0 Å². The maximum absolute atomic E-state index is 12.5. The zero-order valence-electron chi connectivity index (χ0n) is 11.2. The molecule has 5 heteroatoms. The average Bonchev–Trinajstić information content (AvgIpc) is 2.37. The summed E-state index contributed by atoms with van der Waals surface area (Å²) < 4.78 is 11.1. The van der Waals surface area contributed by atoms with Crippen LogP contribution in [0, 0.1) is 5.92 Å². The molecule has 0 bridgehead atoms. The van der Waals surface area contributed by atoms with Crippen LogP contribution >= 0.6 is 11.6 Å². The topological polar surface area (TPSA) is 38.8 Å². The van der Waals surface area contributed by atoms with Crippen molar-refractivity contribution in [3.63, 3.8) is 0 Å². The Hall–Kier alpha value is -0.320. The molecule has 2 rings (SSSR count). The molecule has 18 heavy (non-hydrogen) atoms. The summed E-state index contributed by atoms with van der Waals surface area (Å²) in [6.07, 6.45) is 1.61. The highest BCUT2D eigenvalue weighted by Crippen LogP contribution is 2.25. The van der Waals surface area contributed by atoms with Gasteiger partial charge in [-0.3, -0.25) is 4.79 Å². The van der Waals surface area contributed by atoms with E-state index in [0.717, 1.165) is 12.8 Å².